The van der Waals surface area contributed by atoms with E-state index in [2.05, 4.69) is 0 Å². The molecule has 0 saturated heterocycles. The van der Waals surface area contributed by atoms with Gasteiger partial charge < -0.3 is 5.11 Å². The molecule has 3 rings (SSSR count). The third-order valence-corrected chi connectivity index (χ3v) is 4.61. The fourth-order valence-electron chi connectivity index (χ4n) is 3.55. The maximum atomic E-state index is 10.6. The molecule has 12 heavy (non-hydrogen) atoms. The number of carboxylic acids is 1. The average molecular weight is 166 g/mol. The minimum absolute atomic E-state index is 0.00461. The summed E-state index contributed by atoms with van der Waals surface area (Å²) in [6.45, 7) is 0. The van der Waals surface area contributed by atoms with E-state index in [0.29, 0.717) is 10.8 Å². The highest BCUT2D eigenvalue weighted by Gasteiger charge is 2.74. The molecule has 0 aliphatic heterocycles. The van der Waals surface area contributed by atoms with Gasteiger partial charge in [0.1, 0.15) is 0 Å². The van der Waals surface area contributed by atoms with Gasteiger partial charge in [0, 0.05) is 0 Å². The van der Waals surface area contributed by atoms with Crippen LogP contribution in [0.25, 0.3) is 0 Å². The van der Waals surface area contributed by atoms with Gasteiger partial charge in [0.25, 0.3) is 0 Å². The molecule has 0 unspecified atom stereocenters. The summed E-state index contributed by atoms with van der Waals surface area (Å²) in [7, 11) is 0. The predicted octanol–water partition coefficient (Wildman–Crippen LogP) is 2.04. The monoisotopic (exact) mass is 166 g/mol. The van der Waals surface area contributed by atoms with Gasteiger partial charge >= 0.3 is 5.97 Å². The molecule has 0 aromatic carbocycles. The number of hydrogen-bond donors (Lipinski definition) is 1. The molecule has 2 heteroatoms. The summed E-state index contributed by atoms with van der Waals surface area (Å²) in [5, 5.41) is 8.75. The number of carboxylic acid groups (broad SMARTS) is 1. The van der Waals surface area contributed by atoms with Crippen molar-refractivity contribution in [2.24, 2.45) is 16.7 Å². The SMILES string of the molecule is O=C(O)C1CC2(C1)CC21CCC1. The predicted molar refractivity (Wildman–Crippen MR) is 43.7 cm³/mol. The number of hydrogen-bond acceptors (Lipinski definition) is 1. The summed E-state index contributed by atoms with van der Waals surface area (Å²) in [5.74, 6) is -0.563. The lowest BCUT2D eigenvalue weighted by atomic mass is 9.62. The second-order valence-corrected chi connectivity index (χ2v) is 5.03. The highest BCUT2D eigenvalue weighted by molar-refractivity contribution is 5.72. The van der Waals surface area contributed by atoms with E-state index >= 15 is 0 Å². The molecular weight excluding hydrogens is 152 g/mol. The zero-order valence-electron chi connectivity index (χ0n) is 7.18. The molecule has 0 heterocycles. The second kappa shape index (κ2) is 1.70. The lowest BCUT2D eigenvalue weighted by molar-refractivity contribution is -0.148. The van der Waals surface area contributed by atoms with Crippen LogP contribution in [0, 0.1) is 16.7 Å². The summed E-state index contributed by atoms with van der Waals surface area (Å²) in [4.78, 5) is 10.6. The zero-order chi connectivity index (χ0) is 8.40. The summed E-state index contributed by atoms with van der Waals surface area (Å²) < 4.78 is 0. The van der Waals surface area contributed by atoms with E-state index in [1.165, 1.54) is 25.7 Å². The van der Waals surface area contributed by atoms with E-state index in [1.54, 1.807) is 0 Å². The maximum Gasteiger partial charge on any atom is 0.306 e. The van der Waals surface area contributed by atoms with Crippen LogP contribution in [0.5, 0.6) is 0 Å². The Morgan fingerprint density at radius 2 is 1.92 bits per heavy atom. The van der Waals surface area contributed by atoms with E-state index in [-0.39, 0.29) is 5.92 Å². The summed E-state index contributed by atoms with van der Waals surface area (Å²) in [5.41, 5.74) is 1.20. The summed E-state index contributed by atoms with van der Waals surface area (Å²) in [6.07, 6.45) is 7.49. The minimum atomic E-state index is -0.568. The third-order valence-electron chi connectivity index (χ3n) is 4.61. The molecule has 66 valence electrons. The van der Waals surface area contributed by atoms with Gasteiger partial charge in [-0.2, -0.15) is 0 Å². The van der Waals surface area contributed by atoms with Crippen molar-refractivity contribution in [2.45, 2.75) is 38.5 Å². The normalized spacial score (nSPS) is 46.8. The highest BCUT2D eigenvalue weighted by atomic mass is 16.4. The number of carbonyl (C=O) groups is 1. The highest BCUT2D eigenvalue weighted by Crippen LogP contribution is 2.82. The molecule has 0 bridgehead atoms. The van der Waals surface area contributed by atoms with Crippen molar-refractivity contribution in [3.8, 4) is 0 Å². The number of fused-ring (bicyclic) bond motifs is 1. The van der Waals surface area contributed by atoms with Crippen molar-refractivity contribution in [1.82, 2.24) is 0 Å². The van der Waals surface area contributed by atoms with E-state index in [9.17, 15) is 4.79 Å². The Morgan fingerprint density at radius 1 is 1.25 bits per heavy atom. The van der Waals surface area contributed by atoms with Crippen molar-refractivity contribution in [1.29, 1.82) is 0 Å². The second-order valence-electron chi connectivity index (χ2n) is 5.03. The lowest BCUT2D eigenvalue weighted by Gasteiger charge is -2.41. The van der Waals surface area contributed by atoms with Gasteiger partial charge in [0.05, 0.1) is 5.92 Å². The van der Waals surface area contributed by atoms with Gasteiger partial charge in [-0.3, -0.25) is 4.79 Å². The molecule has 3 saturated carbocycles. The Hall–Kier alpha value is -0.530. The Kier molecular flexibility index (Phi) is 0.984. The van der Waals surface area contributed by atoms with Crippen LogP contribution < -0.4 is 0 Å². The van der Waals surface area contributed by atoms with Crippen LogP contribution in [-0.4, -0.2) is 11.1 Å². The van der Waals surface area contributed by atoms with E-state index in [0.717, 1.165) is 12.8 Å². The summed E-state index contributed by atoms with van der Waals surface area (Å²) >= 11 is 0. The number of rotatable bonds is 1. The molecule has 2 spiro atoms. The van der Waals surface area contributed by atoms with Gasteiger partial charge in [0.15, 0.2) is 0 Å². The van der Waals surface area contributed by atoms with Gasteiger partial charge in [-0.15, -0.1) is 0 Å². The molecule has 0 atom stereocenters. The average Bonchev–Trinajstić information content (AvgIpc) is 2.50. The van der Waals surface area contributed by atoms with E-state index < -0.39 is 5.97 Å². The van der Waals surface area contributed by atoms with Crippen molar-refractivity contribution in [3.05, 3.63) is 0 Å². The van der Waals surface area contributed by atoms with Crippen LogP contribution >= 0.6 is 0 Å². The first-order valence-corrected chi connectivity index (χ1v) is 4.90. The first kappa shape index (κ1) is 6.93. The standard InChI is InChI=1S/C10H14O2/c11-8(12)7-4-10(5-7)6-9(10)2-1-3-9/h7H,1-6H2,(H,11,12). The Balaban J connectivity index is 1.67. The molecule has 0 aromatic rings. The Morgan fingerprint density at radius 3 is 2.25 bits per heavy atom. The van der Waals surface area contributed by atoms with Crippen LogP contribution in [0.3, 0.4) is 0 Å². The first-order chi connectivity index (χ1) is 5.68. The Labute approximate surface area is 72.0 Å². The van der Waals surface area contributed by atoms with Gasteiger partial charge in [0.2, 0.25) is 0 Å². The van der Waals surface area contributed by atoms with Crippen molar-refractivity contribution in [3.63, 3.8) is 0 Å². The van der Waals surface area contributed by atoms with Crippen LogP contribution in [0.2, 0.25) is 0 Å². The van der Waals surface area contributed by atoms with Gasteiger partial charge in [-0.1, -0.05) is 6.42 Å². The van der Waals surface area contributed by atoms with Crippen molar-refractivity contribution in [2.75, 3.05) is 0 Å². The van der Waals surface area contributed by atoms with Gasteiger partial charge in [-0.25, -0.2) is 0 Å². The number of aliphatic carboxylic acids is 1. The minimum Gasteiger partial charge on any atom is -0.481 e. The van der Waals surface area contributed by atoms with Crippen LogP contribution in [0.15, 0.2) is 0 Å². The molecule has 0 amide bonds. The van der Waals surface area contributed by atoms with Crippen LogP contribution in [0.1, 0.15) is 38.5 Å². The molecule has 0 aromatic heterocycles. The lowest BCUT2D eigenvalue weighted by Crippen LogP contribution is -2.37. The van der Waals surface area contributed by atoms with E-state index in [1.807, 2.05) is 0 Å². The smallest absolute Gasteiger partial charge is 0.306 e. The van der Waals surface area contributed by atoms with Gasteiger partial charge in [-0.05, 0) is 42.9 Å². The quantitative estimate of drug-likeness (QED) is 0.647. The molecular formula is C10H14O2. The first-order valence-electron chi connectivity index (χ1n) is 4.90. The zero-order valence-corrected chi connectivity index (χ0v) is 7.18. The third kappa shape index (κ3) is 0.572. The fourth-order valence-corrected chi connectivity index (χ4v) is 3.55. The topological polar surface area (TPSA) is 37.3 Å². The van der Waals surface area contributed by atoms with Crippen LogP contribution in [-0.2, 0) is 4.79 Å². The maximum absolute atomic E-state index is 10.6. The molecule has 1 N–H and O–H groups in total. The van der Waals surface area contributed by atoms with Crippen molar-refractivity contribution >= 4 is 5.97 Å². The molecule has 3 aliphatic carbocycles. The summed E-state index contributed by atoms with van der Waals surface area (Å²) in [6, 6.07) is 0. The van der Waals surface area contributed by atoms with E-state index in [4.69, 9.17) is 5.11 Å². The van der Waals surface area contributed by atoms with Crippen LogP contribution in [0.4, 0.5) is 0 Å². The Bertz CT molecular complexity index is 247. The van der Waals surface area contributed by atoms with Crippen molar-refractivity contribution < 1.29 is 9.90 Å². The molecule has 3 fully saturated rings. The fraction of sp³-hybridized carbons (Fsp3) is 0.900. The molecule has 2 nitrogen and oxygen atoms in total. The largest absolute Gasteiger partial charge is 0.481 e. The molecule has 0 radical (unpaired) electrons. The molecule has 3 aliphatic rings.